The zero-order chi connectivity index (χ0) is 12.1. The smallest absolute Gasteiger partial charge is 0.257 e. The maximum atomic E-state index is 11.2. The van der Waals surface area contributed by atoms with Crippen LogP contribution < -0.4 is 15.8 Å². The van der Waals surface area contributed by atoms with Crippen LogP contribution in [0.5, 0.6) is 5.75 Å². The van der Waals surface area contributed by atoms with Gasteiger partial charge in [-0.25, -0.2) is 0 Å². The maximum Gasteiger partial charge on any atom is 0.257 e. The van der Waals surface area contributed by atoms with Gasteiger partial charge in [-0.1, -0.05) is 0 Å². The highest BCUT2D eigenvalue weighted by Crippen LogP contribution is 2.23. The Balaban J connectivity index is 2.67. The van der Waals surface area contributed by atoms with Crippen LogP contribution in [0.1, 0.15) is 18.1 Å². The lowest BCUT2D eigenvalue weighted by molar-refractivity contribution is -0.122. The second-order valence-electron chi connectivity index (χ2n) is 3.72. The molecule has 1 rings (SSSR count). The number of aryl methyl sites for hydroxylation is 2. The molecule has 0 atom stereocenters. The van der Waals surface area contributed by atoms with Crippen molar-refractivity contribution < 1.29 is 9.53 Å². The molecule has 0 unspecified atom stereocenters. The predicted octanol–water partition coefficient (Wildman–Crippen LogP) is 1.40. The van der Waals surface area contributed by atoms with Gasteiger partial charge in [-0.05, 0) is 44.0 Å². The molecule has 0 fully saturated rings. The summed E-state index contributed by atoms with van der Waals surface area (Å²) in [4.78, 5) is 11.2. The molecule has 88 valence electrons. The highest BCUT2D eigenvalue weighted by molar-refractivity contribution is 5.77. The van der Waals surface area contributed by atoms with Crippen LogP contribution >= 0.6 is 0 Å². The monoisotopic (exact) mass is 222 g/mol. The van der Waals surface area contributed by atoms with E-state index in [1.165, 1.54) is 0 Å². The number of amides is 1. The third kappa shape index (κ3) is 3.15. The largest absolute Gasteiger partial charge is 0.483 e. The van der Waals surface area contributed by atoms with Gasteiger partial charge in [0.25, 0.3) is 5.91 Å². The summed E-state index contributed by atoms with van der Waals surface area (Å²) >= 11 is 0. The molecule has 16 heavy (non-hydrogen) atoms. The summed E-state index contributed by atoms with van der Waals surface area (Å²) in [7, 11) is 0. The Morgan fingerprint density at radius 1 is 1.38 bits per heavy atom. The van der Waals surface area contributed by atoms with Crippen molar-refractivity contribution in [3.05, 3.63) is 23.3 Å². The lowest BCUT2D eigenvalue weighted by Gasteiger charge is -2.11. The van der Waals surface area contributed by atoms with Gasteiger partial charge in [0.1, 0.15) is 5.75 Å². The van der Waals surface area contributed by atoms with Crippen molar-refractivity contribution in [3.63, 3.8) is 0 Å². The Hall–Kier alpha value is -1.71. The third-order valence-electron chi connectivity index (χ3n) is 2.30. The molecule has 0 aromatic heterocycles. The number of carbonyl (C=O) groups excluding carboxylic acids is 1. The molecule has 0 bridgehead atoms. The number of hydrogen-bond donors (Lipinski definition) is 2. The SMILES string of the molecule is CCNC(=O)COc1cc(C)c(N)cc1C. The number of hydrogen-bond acceptors (Lipinski definition) is 3. The first kappa shape index (κ1) is 12.4. The van der Waals surface area contributed by atoms with Crippen molar-refractivity contribution in [1.82, 2.24) is 5.32 Å². The Morgan fingerprint density at radius 3 is 2.69 bits per heavy atom. The Labute approximate surface area is 95.8 Å². The van der Waals surface area contributed by atoms with E-state index in [0.717, 1.165) is 16.8 Å². The first-order valence-corrected chi connectivity index (χ1v) is 5.30. The average molecular weight is 222 g/mol. The summed E-state index contributed by atoms with van der Waals surface area (Å²) in [6.45, 7) is 6.34. The minimum atomic E-state index is -0.114. The summed E-state index contributed by atoms with van der Waals surface area (Å²) in [6, 6.07) is 3.70. The van der Waals surface area contributed by atoms with Gasteiger partial charge in [-0.2, -0.15) is 0 Å². The van der Waals surface area contributed by atoms with E-state index in [4.69, 9.17) is 10.5 Å². The van der Waals surface area contributed by atoms with Crippen LogP contribution in [0, 0.1) is 13.8 Å². The van der Waals surface area contributed by atoms with Crippen LogP contribution in [0.15, 0.2) is 12.1 Å². The number of nitrogens with two attached hydrogens (primary N) is 1. The van der Waals surface area contributed by atoms with Gasteiger partial charge in [0.2, 0.25) is 0 Å². The summed E-state index contributed by atoms with van der Waals surface area (Å²) in [5.41, 5.74) is 8.39. The van der Waals surface area contributed by atoms with Gasteiger partial charge in [0.05, 0.1) is 0 Å². The Kier molecular flexibility index (Phi) is 4.17. The Morgan fingerprint density at radius 2 is 2.06 bits per heavy atom. The minimum Gasteiger partial charge on any atom is -0.483 e. The zero-order valence-corrected chi connectivity index (χ0v) is 9.96. The highest BCUT2D eigenvalue weighted by Gasteiger charge is 2.05. The van der Waals surface area contributed by atoms with Crippen LogP contribution in [0.4, 0.5) is 5.69 Å². The van der Waals surface area contributed by atoms with Crippen LogP contribution in [-0.2, 0) is 4.79 Å². The number of ether oxygens (including phenoxy) is 1. The van der Waals surface area contributed by atoms with Crippen molar-refractivity contribution in [2.45, 2.75) is 20.8 Å². The van der Waals surface area contributed by atoms with Gasteiger partial charge in [0.15, 0.2) is 6.61 Å². The lowest BCUT2D eigenvalue weighted by Crippen LogP contribution is -2.28. The summed E-state index contributed by atoms with van der Waals surface area (Å²) in [6.07, 6.45) is 0. The minimum absolute atomic E-state index is 0.0397. The van der Waals surface area contributed by atoms with Crippen molar-refractivity contribution in [2.75, 3.05) is 18.9 Å². The van der Waals surface area contributed by atoms with Crippen LogP contribution in [0.3, 0.4) is 0 Å². The zero-order valence-electron chi connectivity index (χ0n) is 9.96. The number of nitrogens with one attached hydrogen (secondary N) is 1. The van der Waals surface area contributed by atoms with E-state index < -0.39 is 0 Å². The Bertz CT molecular complexity index is 389. The summed E-state index contributed by atoms with van der Waals surface area (Å²) < 4.78 is 5.42. The molecule has 3 N–H and O–H groups in total. The molecule has 0 saturated carbocycles. The molecule has 4 heteroatoms. The van der Waals surface area contributed by atoms with Crippen LogP contribution in [-0.4, -0.2) is 19.1 Å². The van der Waals surface area contributed by atoms with Gasteiger partial charge in [-0.15, -0.1) is 0 Å². The number of likely N-dealkylation sites (N-methyl/N-ethyl adjacent to an activating group) is 1. The molecule has 1 aromatic rings. The van der Waals surface area contributed by atoms with Gasteiger partial charge in [-0.3, -0.25) is 4.79 Å². The molecule has 0 aliphatic heterocycles. The molecular formula is C12H18N2O2. The number of rotatable bonds is 4. The van der Waals surface area contributed by atoms with Gasteiger partial charge < -0.3 is 15.8 Å². The standard InChI is InChI=1S/C12H18N2O2/c1-4-14-12(15)7-16-11-6-8(2)10(13)5-9(11)3/h5-6H,4,7,13H2,1-3H3,(H,14,15). The first-order chi connectivity index (χ1) is 7.54. The van der Waals surface area contributed by atoms with Crippen molar-refractivity contribution in [1.29, 1.82) is 0 Å². The molecule has 0 aliphatic carbocycles. The number of anilines is 1. The van der Waals surface area contributed by atoms with E-state index in [1.54, 1.807) is 0 Å². The van der Waals surface area contributed by atoms with E-state index in [2.05, 4.69) is 5.32 Å². The molecule has 0 aliphatic rings. The molecule has 0 saturated heterocycles. The van der Waals surface area contributed by atoms with Crippen LogP contribution in [0.2, 0.25) is 0 Å². The first-order valence-electron chi connectivity index (χ1n) is 5.30. The number of carbonyl (C=O) groups is 1. The summed E-state index contributed by atoms with van der Waals surface area (Å²) in [5, 5.41) is 2.67. The molecule has 0 spiro atoms. The normalized spacial score (nSPS) is 9.94. The fourth-order valence-electron chi connectivity index (χ4n) is 1.36. The molecule has 4 nitrogen and oxygen atoms in total. The van der Waals surface area contributed by atoms with E-state index in [0.29, 0.717) is 12.3 Å². The van der Waals surface area contributed by atoms with Crippen molar-refractivity contribution in [3.8, 4) is 5.75 Å². The van der Waals surface area contributed by atoms with Crippen molar-refractivity contribution >= 4 is 11.6 Å². The average Bonchev–Trinajstić information content (AvgIpc) is 2.22. The molecule has 1 aromatic carbocycles. The van der Waals surface area contributed by atoms with Crippen LogP contribution in [0.25, 0.3) is 0 Å². The second-order valence-corrected chi connectivity index (χ2v) is 3.72. The van der Waals surface area contributed by atoms with Gasteiger partial charge >= 0.3 is 0 Å². The quantitative estimate of drug-likeness (QED) is 0.757. The predicted molar refractivity (Wildman–Crippen MR) is 64.5 cm³/mol. The van der Waals surface area contributed by atoms with Gasteiger partial charge in [0, 0.05) is 12.2 Å². The fraction of sp³-hybridized carbons (Fsp3) is 0.417. The van der Waals surface area contributed by atoms with E-state index in [-0.39, 0.29) is 12.5 Å². The van der Waals surface area contributed by atoms with E-state index in [1.807, 2.05) is 32.9 Å². The maximum absolute atomic E-state index is 11.2. The fourth-order valence-corrected chi connectivity index (χ4v) is 1.36. The number of nitrogen functional groups attached to an aromatic ring is 1. The second kappa shape index (κ2) is 5.39. The van der Waals surface area contributed by atoms with Crippen molar-refractivity contribution in [2.24, 2.45) is 0 Å². The van der Waals surface area contributed by atoms with E-state index in [9.17, 15) is 4.79 Å². The molecular weight excluding hydrogens is 204 g/mol. The molecule has 0 heterocycles. The lowest BCUT2D eigenvalue weighted by atomic mass is 10.1. The third-order valence-corrected chi connectivity index (χ3v) is 2.30. The highest BCUT2D eigenvalue weighted by atomic mass is 16.5. The molecule has 1 amide bonds. The van der Waals surface area contributed by atoms with E-state index >= 15 is 0 Å². The molecule has 0 radical (unpaired) electrons. The number of benzene rings is 1. The topological polar surface area (TPSA) is 64.3 Å². The summed E-state index contributed by atoms with van der Waals surface area (Å²) in [5.74, 6) is 0.592.